The Bertz CT molecular complexity index is 308. The van der Waals surface area contributed by atoms with E-state index in [4.69, 9.17) is 0 Å². The molecule has 2 heteroatoms. The van der Waals surface area contributed by atoms with Crippen molar-refractivity contribution in [3.63, 3.8) is 0 Å². The van der Waals surface area contributed by atoms with E-state index in [2.05, 4.69) is 50.1 Å². The highest BCUT2D eigenvalue weighted by Gasteiger charge is 2.15. The van der Waals surface area contributed by atoms with E-state index in [0.717, 1.165) is 18.4 Å². The van der Waals surface area contributed by atoms with Gasteiger partial charge in [0.2, 0.25) is 0 Å². The van der Waals surface area contributed by atoms with Gasteiger partial charge in [0.15, 0.2) is 0 Å². The van der Waals surface area contributed by atoms with Gasteiger partial charge in [0, 0.05) is 18.4 Å². The summed E-state index contributed by atoms with van der Waals surface area (Å²) in [6.07, 6.45) is 7.48. The summed E-state index contributed by atoms with van der Waals surface area (Å²) in [7, 11) is 0. The highest BCUT2D eigenvalue weighted by Crippen LogP contribution is 2.24. The molecule has 0 amide bonds. The minimum atomic E-state index is 0.474. The van der Waals surface area contributed by atoms with Gasteiger partial charge in [-0.1, -0.05) is 27.7 Å². The van der Waals surface area contributed by atoms with Crippen molar-refractivity contribution in [1.82, 2.24) is 10.3 Å². The predicted octanol–water partition coefficient (Wildman–Crippen LogP) is 4.19. The third-order valence-electron chi connectivity index (χ3n) is 3.26. The summed E-state index contributed by atoms with van der Waals surface area (Å²) in [4.78, 5) is 4.11. The Morgan fingerprint density at radius 1 is 1.11 bits per heavy atom. The largest absolute Gasteiger partial charge is 0.310 e. The molecule has 1 aromatic heterocycles. The lowest BCUT2D eigenvalue weighted by Gasteiger charge is -2.23. The topological polar surface area (TPSA) is 24.9 Å². The monoisotopic (exact) mass is 248 g/mol. The minimum Gasteiger partial charge on any atom is -0.310 e. The van der Waals surface area contributed by atoms with Gasteiger partial charge >= 0.3 is 0 Å². The molecule has 2 nitrogen and oxygen atoms in total. The smallest absolute Gasteiger partial charge is 0.0323 e. The Kier molecular flexibility index (Phi) is 6.96. The normalized spacial score (nSPS) is 14.7. The first-order valence-corrected chi connectivity index (χ1v) is 7.26. The molecule has 18 heavy (non-hydrogen) atoms. The zero-order valence-electron chi connectivity index (χ0n) is 12.3. The molecule has 0 aliphatic carbocycles. The Morgan fingerprint density at radius 3 is 2.33 bits per heavy atom. The molecule has 0 aliphatic rings. The second-order valence-corrected chi connectivity index (χ2v) is 5.76. The van der Waals surface area contributed by atoms with Crippen molar-refractivity contribution in [2.75, 3.05) is 6.54 Å². The van der Waals surface area contributed by atoms with E-state index in [1.807, 2.05) is 12.4 Å². The van der Waals surface area contributed by atoms with Crippen LogP contribution in [0.3, 0.4) is 0 Å². The highest BCUT2D eigenvalue weighted by molar-refractivity contribution is 5.15. The molecule has 102 valence electrons. The van der Waals surface area contributed by atoms with Gasteiger partial charge in [0.1, 0.15) is 0 Å². The average molecular weight is 248 g/mol. The molecule has 2 atom stereocenters. The minimum absolute atomic E-state index is 0.474. The van der Waals surface area contributed by atoms with Crippen LogP contribution in [0.1, 0.15) is 58.6 Å². The Balaban J connectivity index is 2.61. The zero-order valence-corrected chi connectivity index (χ0v) is 12.3. The molecule has 0 saturated carbocycles. The zero-order chi connectivity index (χ0) is 13.4. The lowest BCUT2D eigenvalue weighted by Crippen LogP contribution is -2.24. The van der Waals surface area contributed by atoms with E-state index in [9.17, 15) is 0 Å². The summed E-state index contributed by atoms with van der Waals surface area (Å²) in [6, 6.07) is 4.74. The second kappa shape index (κ2) is 8.25. The van der Waals surface area contributed by atoms with Gasteiger partial charge < -0.3 is 5.32 Å². The summed E-state index contributed by atoms with van der Waals surface area (Å²) >= 11 is 0. The summed E-state index contributed by atoms with van der Waals surface area (Å²) in [5.74, 6) is 1.54. The summed E-state index contributed by atoms with van der Waals surface area (Å²) in [6.45, 7) is 10.3. The van der Waals surface area contributed by atoms with E-state index >= 15 is 0 Å². The van der Waals surface area contributed by atoms with E-state index in [0.29, 0.717) is 6.04 Å². The highest BCUT2D eigenvalue weighted by atomic mass is 14.9. The van der Waals surface area contributed by atoms with Crippen LogP contribution in [0.25, 0.3) is 0 Å². The molecular formula is C16H28N2. The Labute approximate surface area is 112 Å². The Hall–Kier alpha value is -0.890. The maximum atomic E-state index is 4.11. The van der Waals surface area contributed by atoms with Gasteiger partial charge in [-0.15, -0.1) is 0 Å². The third-order valence-corrected chi connectivity index (χ3v) is 3.26. The number of nitrogens with one attached hydrogen (secondary N) is 1. The van der Waals surface area contributed by atoms with E-state index < -0.39 is 0 Å². The number of hydrogen-bond acceptors (Lipinski definition) is 2. The van der Waals surface area contributed by atoms with Crippen LogP contribution in [-0.2, 0) is 0 Å². The molecule has 0 saturated heterocycles. The molecule has 1 rings (SSSR count). The average Bonchev–Trinajstić information content (AvgIpc) is 2.34. The lowest BCUT2D eigenvalue weighted by atomic mass is 9.90. The fourth-order valence-corrected chi connectivity index (χ4v) is 2.55. The van der Waals surface area contributed by atoms with E-state index in [1.54, 1.807) is 0 Å². The van der Waals surface area contributed by atoms with Crippen LogP contribution in [0.15, 0.2) is 24.5 Å². The number of hydrogen-bond donors (Lipinski definition) is 1. The maximum Gasteiger partial charge on any atom is 0.0323 e. The van der Waals surface area contributed by atoms with Crippen LogP contribution in [0.2, 0.25) is 0 Å². The van der Waals surface area contributed by atoms with Gasteiger partial charge in [-0.25, -0.2) is 0 Å². The van der Waals surface area contributed by atoms with Gasteiger partial charge in [-0.2, -0.15) is 0 Å². The first kappa shape index (κ1) is 15.2. The molecule has 1 aromatic rings. The molecule has 0 aliphatic heterocycles. The summed E-state index contributed by atoms with van der Waals surface area (Å²) in [5, 5.41) is 3.66. The third kappa shape index (κ3) is 5.63. The first-order chi connectivity index (χ1) is 8.63. The predicted molar refractivity (Wildman–Crippen MR) is 78.5 cm³/mol. The summed E-state index contributed by atoms with van der Waals surface area (Å²) in [5.41, 5.74) is 1.37. The van der Waals surface area contributed by atoms with Crippen molar-refractivity contribution in [3.05, 3.63) is 30.1 Å². The van der Waals surface area contributed by atoms with Crippen LogP contribution in [0.4, 0.5) is 0 Å². The molecule has 2 unspecified atom stereocenters. The van der Waals surface area contributed by atoms with E-state index in [1.165, 1.54) is 24.8 Å². The molecule has 1 heterocycles. The first-order valence-electron chi connectivity index (χ1n) is 7.26. The van der Waals surface area contributed by atoms with Crippen molar-refractivity contribution < 1.29 is 0 Å². The van der Waals surface area contributed by atoms with Gasteiger partial charge in [-0.3, -0.25) is 4.98 Å². The fourth-order valence-electron chi connectivity index (χ4n) is 2.55. The van der Waals surface area contributed by atoms with Gasteiger partial charge in [0.25, 0.3) is 0 Å². The number of pyridine rings is 1. The number of nitrogens with zero attached hydrogens (tertiary/aromatic N) is 1. The van der Waals surface area contributed by atoms with Crippen molar-refractivity contribution in [3.8, 4) is 0 Å². The van der Waals surface area contributed by atoms with Crippen molar-refractivity contribution in [2.24, 2.45) is 11.8 Å². The molecule has 0 fully saturated rings. The van der Waals surface area contributed by atoms with Gasteiger partial charge in [-0.05, 0) is 55.3 Å². The quantitative estimate of drug-likeness (QED) is 0.746. The molecular weight excluding hydrogens is 220 g/mol. The van der Waals surface area contributed by atoms with Crippen LogP contribution in [0, 0.1) is 11.8 Å². The van der Waals surface area contributed by atoms with Crippen molar-refractivity contribution in [1.29, 1.82) is 0 Å². The molecule has 1 N–H and O–H groups in total. The number of aromatic nitrogens is 1. The standard InChI is InChI=1S/C16H28N2/c1-5-8-18-16(12-14(4)11-13(2)3)15-6-9-17-10-7-15/h6-7,9-10,13-14,16,18H,5,8,11-12H2,1-4H3. The summed E-state index contributed by atoms with van der Waals surface area (Å²) < 4.78 is 0. The Morgan fingerprint density at radius 2 is 1.78 bits per heavy atom. The van der Waals surface area contributed by atoms with Crippen LogP contribution in [-0.4, -0.2) is 11.5 Å². The molecule has 0 bridgehead atoms. The van der Waals surface area contributed by atoms with E-state index in [-0.39, 0.29) is 0 Å². The second-order valence-electron chi connectivity index (χ2n) is 5.76. The fraction of sp³-hybridized carbons (Fsp3) is 0.688. The van der Waals surface area contributed by atoms with Crippen molar-refractivity contribution >= 4 is 0 Å². The van der Waals surface area contributed by atoms with Crippen molar-refractivity contribution in [2.45, 2.75) is 53.0 Å². The SMILES string of the molecule is CCCNC(CC(C)CC(C)C)c1ccncc1. The lowest BCUT2D eigenvalue weighted by molar-refractivity contribution is 0.356. The van der Waals surface area contributed by atoms with Crippen LogP contribution < -0.4 is 5.32 Å². The number of rotatable bonds is 8. The molecule has 0 radical (unpaired) electrons. The van der Waals surface area contributed by atoms with Crippen LogP contribution in [0.5, 0.6) is 0 Å². The molecule has 0 aromatic carbocycles. The van der Waals surface area contributed by atoms with Gasteiger partial charge in [0.05, 0.1) is 0 Å². The molecule has 0 spiro atoms. The maximum absolute atomic E-state index is 4.11. The van der Waals surface area contributed by atoms with Crippen LogP contribution >= 0.6 is 0 Å².